The fraction of sp³-hybridized carbons (Fsp3) is 0.810. The maximum atomic E-state index is 13.0. The van der Waals surface area contributed by atoms with Crippen LogP contribution in [0, 0.1) is 23.7 Å². The van der Waals surface area contributed by atoms with Gasteiger partial charge in [0.2, 0.25) is 0 Å². The monoisotopic (exact) mass is 350 g/mol. The Hall–Kier alpha value is -1.32. The lowest BCUT2D eigenvalue weighted by molar-refractivity contribution is -0.165. The number of carbonyl (C=O) groups excluding carboxylic acids is 2. The zero-order valence-corrected chi connectivity index (χ0v) is 16.5. The highest BCUT2D eigenvalue weighted by atomic mass is 16.5. The first-order chi connectivity index (χ1) is 12.0. The van der Waals surface area contributed by atoms with E-state index < -0.39 is 0 Å². The van der Waals surface area contributed by atoms with Crippen LogP contribution in [-0.2, 0) is 19.1 Å². The van der Waals surface area contributed by atoms with Crippen LogP contribution < -0.4 is 0 Å². The zero-order chi connectivity index (χ0) is 18.6. The molecule has 0 amide bonds. The lowest BCUT2D eigenvalue weighted by atomic mass is 9.76. The molecule has 2 rings (SSSR count). The van der Waals surface area contributed by atoms with Crippen LogP contribution in [0.25, 0.3) is 0 Å². The number of allylic oxidation sites excluding steroid dienone is 2. The predicted octanol–water partition coefficient (Wildman–Crippen LogP) is 4.67. The molecule has 0 saturated heterocycles. The molecule has 5 atom stereocenters. The van der Waals surface area contributed by atoms with E-state index in [2.05, 4.69) is 27.7 Å². The molecule has 5 unspecified atom stereocenters. The number of hydrogen-bond acceptors (Lipinski definition) is 4. The van der Waals surface area contributed by atoms with Crippen LogP contribution in [-0.4, -0.2) is 24.6 Å². The van der Waals surface area contributed by atoms with Crippen molar-refractivity contribution in [2.75, 3.05) is 6.61 Å². The van der Waals surface area contributed by atoms with Gasteiger partial charge in [0.15, 0.2) is 0 Å². The SMILES string of the molecule is CCCCCC(CC)OC(=O)C1C2CC(C(C)=C2C)C1C(=O)OCC. The third-order valence-electron chi connectivity index (χ3n) is 6.19. The van der Waals surface area contributed by atoms with Gasteiger partial charge >= 0.3 is 11.9 Å². The lowest BCUT2D eigenvalue weighted by Crippen LogP contribution is -2.38. The fourth-order valence-corrected chi connectivity index (χ4v) is 4.62. The van der Waals surface area contributed by atoms with E-state index in [1.54, 1.807) is 0 Å². The van der Waals surface area contributed by atoms with Crippen molar-refractivity contribution in [1.82, 2.24) is 0 Å². The van der Waals surface area contributed by atoms with Crippen LogP contribution in [0.5, 0.6) is 0 Å². The van der Waals surface area contributed by atoms with Crippen LogP contribution in [0.3, 0.4) is 0 Å². The van der Waals surface area contributed by atoms with Crippen LogP contribution in [0.2, 0.25) is 0 Å². The van der Waals surface area contributed by atoms with Crippen LogP contribution >= 0.6 is 0 Å². The molecular weight excluding hydrogens is 316 g/mol. The van der Waals surface area contributed by atoms with E-state index >= 15 is 0 Å². The van der Waals surface area contributed by atoms with Crippen molar-refractivity contribution in [1.29, 1.82) is 0 Å². The number of esters is 2. The first kappa shape index (κ1) is 20.0. The number of unbranched alkanes of at least 4 members (excludes halogenated alkanes) is 2. The minimum atomic E-state index is -0.368. The van der Waals surface area contributed by atoms with Gasteiger partial charge < -0.3 is 9.47 Å². The van der Waals surface area contributed by atoms with Crippen LogP contribution in [0.4, 0.5) is 0 Å². The van der Waals surface area contributed by atoms with E-state index in [-0.39, 0.29) is 41.7 Å². The van der Waals surface area contributed by atoms with Crippen LogP contribution in [0.15, 0.2) is 11.1 Å². The van der Waals surface area contributed by atoms with E-state index in [1.807, 2.05) is 6.92 Å². The summed E-state index contributed by atoms with van der Waals surface area (Å²) < 4.78 is 11.1. The summed E-state index contributed by atoms with van der Waals surface area (Å²) in [6, 6.07) is 0. The molecule has 2 aliphatic rings. The van der Waals surface area contributed by atoms with Gasteiger partial charge in [0.1, 0.15) is 6.10 Å². The summed E-state index contributed by atoms with van der Waals surface area (Å²) in [6.07, 6.45) is 5.99. The van der Waals surface area contributed by atoms with Crippen molar-refractivity contribution in [3.63, 3.8) is 0 Å². The first-order valence-electron chi connectivity index (χ1n) is 10.00. The highest BCUT2D eigenvalue weighted by molar-refractivity contribution is 5.85. The van der Waals surface area contributed by atoms with Crippen molar-refractivity contribution < 1.29 is 19.1 Å². The van der Waals surface area contributed by atoms with Gasteiger partial charge in [0.05, 0.1) is 18.4 Å². The molecular formula is C21H34O4. The minimum Gasteiger partial charge on any atom is -0.466 e. The molecule has 0 heterocycles. The predicted molar refractivity (Wildman–Crippen MR) is 97.9 cm³/mol. The van der Waals surface area contributed by atoms with Gasteiger partial charge in [-0.15, -0.1) is 0 Å². The maximum Gasteiger partial charge on any atom is 0.310 e. The summed E-state index contributed by atoms with van der Waals surface area (Å²) >= 11 is 0. The van der Waals surface area contributed by atoms with Gasteiger partial charge in [-0.3, -0.25) is 9.59 Å². The van der Waals surface area contributed by atoms with Crippen molar-refractivity contribution in [2.24, 2.45) is 23.7 Å². The second-order valence-corrected chi connectivity index (χ2v) is 7.58. The summed E-state index contributed by atoms with van der Waals surface area (Å²) in [6.45, 7) is 10.6. The molecule has 0 aromatic heterocycles. The van der Waals surface area contributed by atoms with E-state index in [0.29, 0.717) is 6.61 Å². The second-order valence-electron chi connectivity index (χ2n) is 7.58. The van der Waals surface area contributed by atoms with Crippen molar-refractivity contribution in [2.45, 2.75) is 79.2 Å². The summed E-state index contributed by atoms with van der Waals surface area (Å²) in [7, 11) is 0. The molecule has 142 valence electrons. The van der Waals surface area contributed by atoms with Gasteiger partial charge in [0.25, 0.3) is 0 Å². The van der Waals surface area contributed by atoms with E-state index in [1.165, 1.54) is 11.1 Å². The molecule has 0 N–H and O–H groups in total. The Morgan fingerprint density at radius 1 is 1.00 bits per heavy atom. The smallest absolute Gasteiger partial charge is 0.310 e. The molecule has 1 fully saturated rings. The molecule has 4 heteroatoms. The number of carbonyl (C=O) groups is 2. The molecule has 4 nitrogen and oxygen atoms in total. The van der Waals surface area contributed by atoms with Crippen molar-refractivity contribution >= 4 is 11.9 Å². The minimum absolute atomic E-state index is 0.0357. The number of hydrogen-bond donors (Lipinski definition) is 0. The summed E-state index contributed by atoms with van der Waals surface area (Å²) in [5.41, 5.74) is 2.54. The summed E-state index contributed by atoms with van der Waals surface area (Å²) in [4.78, 5) is 25.5. The Morgan fingerprint density at radius 2 is 1.60 bits per heavy atom. The number of ether oxygens (including phenoxy) is 2. The molecule has 25 heavy (non-hydrogen) atoms. The van der Waals surface area contributed by atoms with Gasteiger partial charge in [-0.25, -0.2) is 0 Å². The molecule has 2 aliphatic carbocycles. The Bertz CT molecular complexity index is 522. The fourth-order valence-electron chi connectivity index (χ4n) is 4.62. The van der Waals surface area contributed by atoms with E-state index in [0.717, 1.165) is 38.5 Å². The van der Waals surface area contributed by atoms with Gasteiger partial charge in [-0.05, 0) is 58.3 Å². The highest BCUT2D eigenvalue weighted by Gasteiger charge is 2.57. The molecule has 0 spiro atoms. The summed E-state index contributed by atoms with van der Waals surface area (Å²) in [5.74, 6) is -0.882. The first-order valence-corrected chi connectivity index (χ1v) is 10.00. The average molecular weight is 350 g/mol. The molecule has 1 saturated carbocycles. The van der Waals surface area contributed by atoms with Crippen LogP contribution in [0.1, 0.15) is 73.1 Å². The Labute approximate surface area is 152 Å². The average Bonchev–Trinajstić information content (AvgIpc) is 3.11. The zero-order valence-electron chi connectivity index (χ0n) is 16.5. The molecule has 2 bridgehead atoms. The largest absolute Gasteiger partial charge is 0.466 e. The van der Waals surface area contributed by atoms with Crippen molar-refractivity contribution in [3.05, 3.63) is 11.1 Å². The number of fused-ring (bicyclic) bond motifs is 2. The molecule has 0 aliphatic heterocycles. The molecule has 0 aromatic rings. The quantitative estimate of drug-likeness (QED) is 0.344. The Balaban J connectivity index is 2.11. The van der Waals surface area contributed by atoms with Gasteiger partial charge in [-0.1, -0.05) is 37.8 Å². The van der Waals surface area contributed by atoms with Gasteiger partial charge in [-0.2, -0.15) is 0 Å². The van der Waals surface area contributed by atoms with E-state index in [4.69, 9.17) is 9.47 Å². The maximum absolute atomic E-state index is 13.0. The third kappa shape index (κ3) is 4.09. The van der Waals surface area contributed by atoms with Crippen molar-refractivity contribution in [3.8, 4) is 0 Å². The highest BCUT2D eigenvalue weighted by Crippen LogP contribution is 2.55. The van der Waals surface area contributed by atoms with Gasteiger partial charge in [0, 0.05) is 0 Å². The second kappa shape index (κ2) is 8.86. The number of rotatable bonds is 9. The molecule has 0 radical (unpaired) electrons. The Morgan fingerprint density at radius 3 is 2.12 bits per heavy atom. The normalized spacial score (nSPS) is 29.0. The lowest BCUT2D eigenvalue weighted by Gasteiger charge is -2.30. The summed E-state index contributed by atoms with van der Waals surface area (Å²) in [5, 5.41) is 0. The molecule has 0 aromatic carbocycles. The standard InChI is InChI=1S/C21H34O4/c1-6-9-10-11-15(7-2)25-21(23)19-17-12-16(13(4)14(17)5)18(19)20(22)24-8-3/h15-19H,6-12H2,1-5H3. The van der Waals surface area contributed by atoms with E-state index in [9.17, 15) is 9.59 Å². The third-order valence-corrected chi connectivity index (χ3v) is 6.19. The Kier molecular flexibility index (Phi) is 7.09. The topological polar surface area (TPSA) is 52.6 Å².